The highest BCUT2D eigenvalue weighted by Gasteiger charge is 2.20. The van der Waals surface area contributed by atoms with E-state index in [4.69, 9.17) is 15.2 Å². The third kappa shape index (κ3) is 4.89. The van der Waals surface area contributed by atoms with E-state index in [1.165, 1.54) is 7.11 Å². The van der Waals surface area contributed by atoms with Gasteiger partial charge in [0, 0.05) is 6.04 Å². The third-order valence-corrected chi connectivity index (χ3v) is 3.73. The molecule has 0 saturated heterocycles. The smallest absolute Gasteiger partial charge is 0.346 e. The van der Waals surface area contributed by atoms with Crippen molar-refractivity contribution in [3.8, 4) is 11.5 Å². The molecular formula is C15H22BrNO4. The van der Waals surface area contributed by atoms with Crippen LogP contribution in [0.15, 0.2) is 16.6 Å². The average molecular weight is 360 g/mol. The van der Waals surface area contributed by atoms with Crippen molar-refractivity contribution in [3.63, 3.8) is 0 Å². The lowest BCUT2D eigenvalue weighted by molar-refractivity contribution is -0.147. The Kier molecular flexibility index (Phi) is 6.98. The van der Waals surface area contributed by atoms with Gasteiger partial charge in [-0.1, -0.05) is 6.92 Å². The SMILES string of the molecule is CCC(N)Cc1cc(Br)c(OC(C)C(=O)OC)c(OC)c1. The molecule has 0 aromatic heterocycles. The Labute approximate surface area is 133 Å². The first-order valence-electron chi connectivity index (χ1n) is 6.79. The summed E-state index contributed by atoms with van der Waals surface area (Å²) >= 11 is 3.45. The van der Waals surface area contributed by atoms with Crippen LogP contribution in [0, 0.1) is 0 Å². The van der Waals surface area contributed by atoms with E-state index in [0.29, 0.717) is 11.5 Å². The largest absolute Gasteiger partial charge is 0.493 e. The fourth-order valence-electron chi connectivity index (χ4n) is 1.84. The quantitative estimate of drug-likeness (QED) is 0.757. The van der Waals surface area contributed by atoms with Crippen LogP contribution < -0.4 is 15.2 Å². The molecular weight excluding hydrogens is 338 g/mol. The first kappa shape index (κ1) is 17.8. The first-order chi connectivity index (χ1) is 9.92. The molecule has 0 saturated carbocycles. The van der Waals surface area contributed by atoms with Gasteiger partial charge >= 0.3 is 5.97 Å². The van der Waals surface area contributed by atoms with E-state index in [1.807, 2.05) is 19.1 Å². The van der Waals surface area contributed by atoms with E-state index in [-0.39, 0.29) is 6.04 Å². The number of benzene rings is 1. The molecule has 1 aromatic carbocycles. The molecule has 0 radical (unpaired) electrons. The van der Waals surface area contributed by atoms with Gasteiger partial charge in [-0.25, -0.2) is 4.79 Å². The molecule has 1 rings (SSSR count). The summed E-state index contributed by atoms with van der Waals surface area (Å²) in [5.41, 5.74) is 7.02. The van der Waals surface area contributed by atoms with Crippen molar-refractivity contribution >= 4 is 21.9 Å². The van der Waals surface area contributed by atoms with E-state index in [9.17, 15) is 4.79 Å². The van der Waals surface area contributed by atoms with Crippen molar-refractivity contribution in [2.45, 2.75) is 38.8 Å². The number of carbonyl (C=O) groups excluding carboxylic acids is 1. The van der Waals surface area contributed by atoms with Crippen LogP contribution >= 0.6 is 15.9 Å². The zero-order valence-corrected chi connectivity index (χ0v) is 14.4. The van der Waals surface area contributed by atoms with Gasteiger partial charge in [-0.15, -0.1) is 0 Å². The third-order valence-electron chi connectivity index (χ3n) is 3.14. The monoisotopic (exact) mass is 359 g/mol. The molecule has 0 fully saturated rings. The van der Waals surface area contributed by atoms with Gasteiger partial charge in [0.2, 0.25) is 0 Å². The highest BCUT2D eigenvalue weighted by atomic mass is 79.9. The second-order valence-electron chi connectivity index (χ2n) is 4.76. The van der Waals surface area contributed by atoms with Gasteiger partial charge in [0.25, 0.3) is 0 Å². The maximum absolute atomic E-state index is 11.5. The molecule has 2 unspecified atom stereocenters. The minimum Gasteiger partial charge on any atom is -0.493 e. The van der Waals surface area contributed by atoms with Crippen molar-refractivity contribution in [3.05, 3.63) is 22.2 Å². The summed E-state index contributed by atoms with van der Waals surface area (Å²) in [5.74, 6) is 0.587. The highest BCUT2D eigenvalue weighted by Crippen LogP contribution is 2.37. The van der Waals surface area contributed by atoms with Crippen LogP contribution in [-0.2, 0) is 16.0 Å². The van der Waals surface area contributed by atoms with Crippen molar-refractivity contribution in [2.75, 3.05) is 14.2 Å². The number of carbonyl (C=O) groups is 1. The van der Waals surface area contributed by atoms with Crippen molar-refractivity contribution in [1.82, 2.24) is 0 Å². The predicted octanol–water partition coefficient (Wildman–Crippen LogP) is 2.68. The normalized spacial score (nSPS) is 13.4. The van der Waals surface area contributed by atoms with Gasteiger partial charge in [0.05, 0.1) is 18.7 Å². The van der Waals surface area contributed by atoms with Gasteiger partial charge in [0.1, 0.15) is 0 Å². The molecule has 0 aliphatic heterocycles. The van der Waals surface area contributed by atoms with E-state index in [0.717, 1.165) is 22.9 Å². The zero-order chi connectivity index (χ0) is 16.0. The molecule has 118 valence electrons. The Hall–Kier alpha value is -1.27. The van der Waals surface area contributed by atoms with Crippen molar-refractivity contribution in [1.29, 1.82) is 0 Å². The van der Waals surface area contributed by atoms with Gasteiger partial charge < -0.3 is 19.9 Å². The second-order valence-corrected chi connectivity index (χ2v) is 5.62. The molecule has 0 amide bonds. The summed E-state index contributed by atoms with van der Waals surface area (Å²) < 4.78 is 16.3. The number of esters is 1. The summed E-state index contributed by atoms with van der Waals surface area (Å²) in [7, 11) is 2.88. The molecule has 1 aromatic rings. The van der Waals surface area contributed by atoms with Crippen molar-refractivity contribution in [2.24, 2.45) is 5.73 Å². The lowest BCUT2D eigenvalue weighted by Crippen LogP contribution is -2.25. The molecule has 0 aliphatic rings. The summed E-state index contributed by atoms with van der Waals surface area (Å²) in [4.78, 5) is 11.5. The van der Waals surface area contributed by atoms with Crippen LogP contribution in [0.2, 0.25) is 0 Å². The molecule has 5 nitrogen and oxygen atoms in total. The molecule has 21 heavy (non-hydrogen) atoms. The van der Waals surface area contributed by atoms with Crippen LogP contribution in [0.4, 0.5) is 0 Å². The van der Waals surface area contributed by atoms with E-state index in [2.05, 4.69) is 20.7 Å². The summed E-state index contributed by atoms with van der Waals surface area (Å²) in [5, 5.41) is 0. The van der Waals surface area contributed by atoms with Gasteiger partial charge in [-0.2, -0.15) is 0 Å². The lowest BCUT2D eigenvalue weighted by Gasteiger charge is -2.18. The molecule has 0 spiro atoms. The summed E-state index contributed by atoms with van der Waals surface area (Å²) in [6.45, 7) is 3.67. The highest BCUT2D eigenvalue weighted by molar-refractivity contribution is 9.10. The molecule has 2 atom stereocenters. The van der Waals surface area contributed by atoms with Gasteiger partial charge in [-0.05, 0) is 53.4 Å². The van der Waals surface area contributed by atoms with Crippen LogP contribution in [0.1, 0.15) is 25.8 Å². The van der Waals surface area contributed by atoms with Gasteiger partial charge in [-0.3, -0.25) is 0 Å². The van der Waals surface area contributed by atoms with Gasteiger partial charge in [0.15, 0.2) is 17.6 Å². The molecule has 0 bridgehead atoms. The maximum atomic E-state index is 11.5. The average Bonchev–Trinajstić information content (AvgIpc) is 2.48. The standard InChI is InChI=1S/C15H22BrNO4/c1-5-11(17)6-10-7-12(16)14(13(8-10)19-3)21-9(2)15(18)20-4/h7-9,11H,5-6,17H2,1-4H3. The lowest BCUT2D eigenvalue weighted by atomic mass is 10.0. The first-order valence-corrected chi connectivity index (χ1v) is 7.58. The number of methoxy groups -OCH3 is 2. The number of halogens is 1. The number of hydrogen-bond acceptors (Lipinski definition) is 5. The van der Waals surface area contributed by atoms with Crippen LogP contribution in [0.3, 0.4) is 0 Å². The summed E-state index contributed by atoms with van der Waals surface area (Å²) in [6.07, 6.45) is 0.930. The van der Waals surface area contributed by atoms with Crippen LogP contribution in [-0.4, -0.2) is 32.3 Å². The molecule has 2 N–H and O–H groups in total. The Morgan fingerprint density at radius 1 is 1.38 bits per heavy atom. The summed E-state index contributed by atoms with van der Waals surface area (Å²) in [6, 6.07) is 3.90. The Morgan fingerprint density at radius 3 is 2.57 bits per heavy atom. The fraction of sp³-hybridized carbons (Fsp3) is 0.533. The predicted molar refractivity (Wildman–Crippen MR) is 84.8 cm³/mol. The number of hydrogen-bond donors (Lipinski definition) is 1. The minimum atomic E-state index is -0.719. The van der Waals surface area contributed by atoms with Crippen molar-refractivity contribution < 1.29 is 19.0 Å². The molecule has 0 heterocycles. The van der Waals surface area contributed by atoms with Crippen LogP contribution in [0.5, 0.6) is 11.5 Å². The Bertz CT molecular complexity index is 493. The second kappa shape index (κ2) is 8.24. The number of rotatable bonds is 7. The Balaban J connectivity index is 3.02. The number of nitrogens with two attached hydrogens (primary N) is 1. The molecule has 0 aliphatic carbocycles. The Morgan fingerprint density at radius 2 is 2.05 bits per heavy atom. The topological polar surface area (TPSA) is 70.8 Å². The number of ether oxygens (including phenoxy) is 3. The van der Waals surface area contributed by atoms with E-state index in [1.54, 1.807) is 14.0 Å². The van der Waals surface area contributed by atoms with E-state index < -0.39 is 12.1 Å². The van der Waals surface area contributed by atoms with Crippen LogP contribution in [0.25, 0.3) is 0 Å². The molecule has 6 heteroatoms. The fourth-order valence-corrected chi connectivity index (χ4v) is 2.43. The zero-order valence-electron chi connectivity index (χ0n) is 12.8. The minimum absolute atomic E-state index is 0.0994. The maximum Gasteiger partial charge on any atom is 0.346 e. The van der Waals surface area contributed by atoms with E-state index >= 15 is 0 Å².